The molecular weight excluding hydrogens is 272 g/mol. The third-order valence-electron chi connectivity index (χ3n) is 3.09. The van der Waals surface area contributed by atoms with Crippen LogP contribution in [0.25, 0.3) is 0 Å². The highest BCUT2D eigenvalue weighted by Gasteiger charge is 2.09. The molecule has 118 valence electrons. The van der Waals surface area contributed by atoms with E-state index in [9.17, 15) is 9.59 Å². The summed E-state index contributed by atoms with van der Waals surface area (Å²) in [5, 5.41) is 19.4. The maximum absolute atomic E-state index is 11.8. The van der Waals surface area contributed by atoms with Crippen LogP contribution in [-0.4, -0.2) is 38.0 Å². The van der Waals surface area contributed by atoms with Crippen molar-refractivity contribution in [2.24, 2.45) is 0 Å². The lowest BCUT2D eigenvalue weighted by Crippen LogP contribution is -2.35. The van der Waals surface area contributed by atoms with Crippen molar-refractivity contribution in [1.82, 2.24) is 20.3 Å². The lowest BCUT2D eigenvalue weighted by Gasteiger charge is -2.12. The Kier molecular flexibility index (Phi) is 7.42. The van der Waals surface area contributed by atoms with E-state index in [0.29, 0.717) is 12.8 Å². The summed E-state index contributed by atoms with van der Waals surface area (Å²) in [4.78, 5) is 22.2. The number of aryl methyl sites for hydroxylation is 1. The van der Waals surface area contributed by atoms with Crippen molar-refractivity contribution in [2.45, 2.75) is 65.0 Å². The molecule has 21 heavy (non-hydrogen) atoms. The zero-order chi connectivity index (χ0) is 15.7. The van der Waals surface area contributed by atoms with Crippen LogP contribution in [0, 0.1) is 0 Å². The van der Waals surface area contributed by atoms with Gasteiger partial charge in [-0.05, 0) is 32.6 Å². The fourth-order valence-corrected chi connectivity index (χ4v) is 2.09. The molecule has 0 radical (unpaired) electrons. The minimum atomic E-state index is -0.781. The van der Waals surface area contributed by atoms with Crippen LogP contribution < -0.4 is 5.32 Å². The van der Waals surface area contributed by atoms with E-state index in [1.807, 2.05) is 6.92 Å². The first-order valence-corrected chi connectivity index (χ1v) is 7.41. The highest BCUT2D eigenvalue weighted by atomic mass is 16.4. The van der Waals surface area contributed by atoms with Crippen LogP contribution in [0.2, 0.25) is 0 Å². The SMILES string of the molecule is CCCC(C)NC(=O)Cn1cc(CCCCC(=O)O)nn1. The molecule has 0 fully saturated rings. The van der Waals surface area contributed by atoms with Gasteiger partial charge in [-0.1, -0.05) is 18.6 Å². The van der Waals surface area contributed by atoms with Crippen molar-refractivity contribution in [3.63, 3.8) is 0 Å². The molecule has 0 saturated heterocycles. The van der Waals surface area contributed by atoms with Crippen LogP contribution in [-0.2, 0) is 22.6 Å². The van der Waals surface area contributed by atoms with Crippen LogP contribution in [0.4, 0.5) is 0 Å². The van der Waals surface area contributed by atoms with E-state index in [4.69, 9.17) is 5.11 Å². The van der Waals surface area contributed by atoms with Crippen LogP contribution in [0.5, 0.6) is 0 Å². The van der Waals surface area contributed by atoms with E-state index in [-0.39, 0.29) is 24.9 Å². The minimum absolute atomic E-state index is 0.0710. The van der Waals surface area contributed by atoms with Crippen molar-refractivity contribution in [3.8, 4) is 0 Å². The van der Waals surface area contributed by atoms with Crippen LogP contribution in [0.1, 0.15) is 51.6 Å². The quantitative estimate of drug-likeness (QED) is 0.636. The number of hydrogen-bond acceptors (Lipinski definition) is 4. The summed E-state index contributed by atoms with van der Waals surface area (Å²) >= 11 is 0. The number of amides is 1. The molecule has 0 saturated carbocycles. The van der Waals surface area contributed by atoms with Crippen LogP contribution in [0.15, 0.2) is 6.20 Å². The summed E-state index contributed by atoms with van der Waals surface area (Å²) in [6.07, 6.45) is 5.96. The number of carboxylic acid groups (broad SMARTS) is 1. The molecule has 0 bridgehead atoms. The van der Waals surface area contributed by atoms with Gasteiger partial charge in [-0.3, -0.25) is 9.59 Å². The van der Waals surface area contributed by atoms with Crippen molar-refractivity contribution < 1.29 is 14.7 Å². The second-order valence-electron chi connectivity index (χ2n) is 5.27. The standard InChI is InChI=1S/C14H24N4O3/c1-3-6-11(2)15-13(19)10-18-9-12(16-17-18)7-4-5-8-14(20)21/h9,11H,3-8,10H2,1-2H3,(H,15,19)(H,20,21). The fraction of sp³-hybridized carbons (Fsp3) is 0.714. The first-order valence-electron chi connectivity index (χ1n) is 7.41. The molecule has 1 amide bonds. The second kappa shape index (κ2) is 9.10. The van der Waals surface area contributed by atoms with Gasteiger partial charge in [0.15, 0.2) is 0 Å². The van der Waals surface area contributed by atoms with Gasteiger partial charge in [-0.25, -0.2) is 4.68 Å². The van der Waals surface area contributed by atoms with Gasteiger partial charge in [0, 0.05) is 18.7 Å². The summed E-state index contributed by atoms with van der Waals surface area (Å²) in [6.45, 7) is 4.23. The lowest BCUT2D eigenvalue weighted by atomic mass is 10.1. The second-order valence-corrected chi connectivity index (χ2v) is 5.27. The molecule has 0 aliphatic rings. The van der Waals surface area contributed by atoms with Gasteiger partial charge < -0.3 is 10.4 Å². The zero-order valence-corrected chi connectivity index (χ0v) is 12.7. The predicted octanol–water partition coefficient (Wildman–Crippen LogP) is 1.38. The number of rotatable bonds is 10. The Morgan fingerprint density at radius 2 is 2.19 bits per heavy atom. The summed E-state index contributed by atoms with van der Waals surface area (Å²) in [5.41, 5.74) is 0.787. The molecule has 1 rings (SSSR count). The van der Waals surface area contributed by atoms with E-state index >= 15 is 0 Å². The first-order chi connectivity index (χ1) is 10.0. The third-order valence-corrected chi connectivity index (χ3v) is 3.09. The average Bonchev–Trinajstić information content (AvgIpc) is 2.82. The lowest BCUT2D eigenvalue weighted by molar-refractivity contribution is -0.137. The maximum atomic E-state index is 11.8. The van der Waals surface area contributed by atoms with E-state index in [2.05, 4.69) is 22.6 Å². The van der Waals surface area contributed by atoms with Crippen LogP contribution in [0.3, 0.4) is 0 Å². The molecule has 0 spiro atoms. The summed E-state index contributed by atoms with van der Waals surface area (Å²) in [7, 11) is 0. The number of nitrogens with zero attached hydrogens (tertiary/aromatic N) is 3. The molecule has 1 heterocycles. The molecule has 0 aliphatic heterocycles. The largest absolute Gasteiger partial charge is 0.481 e. The van der Waals surface area contributed by atoms with Crippen molar-refractivity contribution in [3.05, 3.63) is 11.9 Å². The average molecular weight is 296 g/mol. The van der Waals surface area contributed by atoms with E-state index in [1.54, 1.807) is 6.20 Å². The summed E-state index contributed by atoms with van der Waals surface area (Å²) in [5.74, 6) is -0.852. The number of carbonyl (C=O) groups is 2. The molecule has 1 atom stereocenters. The molecule has 1 unspecified atom stereocenters. The van der Waals surface area contributed by atoms with Gasteiger partial charge >= 0.3 is 5.97 Å². The van der Waals surface area contributed by atoms with E-state index in [0.717, 1.165) is 25.0 Å². The molecular formula is C14H24N4O3. The molecule has 2 N–H and O–H groups in total. The van der Waals surface area contributed by atoms with Gasteiger partial charge in [0.1, 0.15) is 6.54 Å². The van der Waals surface area contributed by atoms with Gasteiger partial charge in [0.25, 0.3) is 0 Å². The Bertz CT molecular complexity index is 459. The fourth-order valence-electron chi connectivity index (χ4n) is 2.09. The Hall–Kier alpha value is -1.92. The molecule has 7 nitrogen and oxygen atoms in total. The van der Waals surface area contributed by atoms with Crippen molar-refractivity contribution in [2.75, 3.05) is 0 Å². The van der Waals surface area contributed by atoms with Gasteiger partial charge in [-0.15, -0.1) is 5.10 Å². The van der Waals surface area contributed by atoms with Gasteiger partial charge in [-0.2, -0.15) is 0 Å². The third kappa shape index (κ3) is 7.43. The number of aromatic nitrogens is 3. The maximum Gasteiger partial charge on any atom is 0.303 e. The van der Waals surface area contributed by atoms with E-state index < -0.39 is 5.97 Å². The predicted molar refractivity (Wildman–Crippen MR) is 77.7 cm³/mol. The Labute approximate surface area is 124 Å². The molecule has 1 aromatic rings. The molecule has 0 aromatic carbocycles. The summed E-state index contributed by atoms with van der Waals surface area (Å²) in [6, 6.07) is 0.168. The Morgan fingerprint density at radius 3 is 2.86 bits per heavy atom. The van der Waals surface area contributed by atoms with Crippen LogP contribution >= 0.6 is 0 Å². The highest BCUT2D eigenvalue weighted by molar-refractivity contribution is 5.75. The Morgan fingerprint density at radius 1 is 1.43 bits per heavy atom. The first kappa shape index (κ1) is 17.1. The molecule has 0 aliphatic carbocycles. The highest BCUT2D eigenvalue weighted by Crippen LogP contribution is 2.03. The minimum Gasteiger partial charge on any atom is -0.481 e. The number of carboxylic acids is 1. The van der Waals surface area contributed by atoms with Gasteiger partial charge in [0.2, 0.25) is 5.91 Å². The monoisotopic (exact) mass is 296 g/mol. The smallest absolute Gasteiger partial charge is 0.303 e. The zero-order valence-electron chi connectivity index (χ0n) is 12.7. The topological polar surface area (TPSA) is 97.1 Å². The van der Waals surface area contributed by atoms with Crippen molar-refractivity contribution in [1.29, 1.82) is 0 Å². The number of nitrogens with one attached hydrogen (secondary N) is 1. The number of carbonyl (C=O) groups excluding carboxylic acids is 1. The summed E-state index contributed by atoms with van der Waals surface area (Å²) < 4.78 is 1.51. The number of hydrogen-bond donors (Lipinski definition) is 2. The molecule has 1 aromatic heterocycles. The molecule has 7 heteroatoms. The number of aliphatic carboxylic acids is 1. The normalized spacial score (nSPS) is 12.1. The van der Waals surface area contributed by atoms with E-state index in [1.165, 1.54) is 4.68 Å². The number of unbranched alkanes of at least 4 members (excludes halogenated alkanes) is 1. The van der Waals surface area contributed by atoms with Gasteiger partial charge in [0.05, 0.1) is 5.69 Å². The van der Waals surface area contributed by atoms with Crippen molar-refractivity contribution >= 4 is 11.9 Å². The Balaban J connectivity index is 2.30.